The van der Waals surface area contributed by atoms with Crippen molar-refractivity contribution in [3.05, 3.63) is 97.1 Å². The van der Waals surface area contributed by atoms with Crippen LogP contribution in [0.1, 0.15) is 27.7 Å². The molecule has 1 aliphatic heterocycles. The summed E-state index contributed by atoms with van der Waals surface area (Å²) in [5, 5.41) is 5.65. The fourth-order valence-corrected chi connectivity index (χ4v) is 6.91. The summed E-state index contributed by atoms with van der Waals surface area (Å²) in [6, 6.07) is 34.0. The Bertz CT molecular complexity index is 2120. The molecule has 0 N–H and O–H groups in total. The van der Waals surface area contributed by atoms with Crippen molar-refractivity contribution in [1.82, 2.24) is 4.98 Å². The van der Waals surface area contributed by atoms with Crippen LogP contribution in [0.15, 0.2) is 101 Å². The maximum atomic E-state index is 6.36. The van der Waals surface area contributed by atoms with Gasteiger partial charge in [-0.3, -0.25) is 0 Å². The maximum absolute atomic E-state index is 6.36. The molecule has 0 bridgehead atoms. The number of rotatable bonds is 3. The molecule has 0 spiro atoms. The van der Waals surface area contributed by atoms with Crippen LogP contribution < -0.4 is 5.46 Å². The molecule has 0 aliphatic carbocycles. The van der Waals surface area contributed by atoms with Crippen LogP contribution in [0.2, 0.25) is 0 Å². The number of furan rings is 1. The van der Waals surface area contributed by atoms with Gasteiger partial charge in [-0.1, -0.05) is 72.8 Å². The van der Waals surface area contributed by atoms with E-state index in [0.717, 1.165) is 54.6 Å². The molecular weight excluding hydrogens is 525 g/mol. The fourth-order valence-electron chi connectivity index (χ4n) is 5.81. The number of hydrogen-bond acceptors (Lipinski definition) is 5. The second-order valence-electron chi connectivity index (χ2n) is 11.9. The van der Waals surface area contributed by atoms with Crippen LogP contribution in [-0.2, 0) is 9.31 Å². The van der Waals surface area contributed by atoms with Gasteiger partial charge < -0.3 is 13.7 Å². The zero-order chi connectivity index (χ0) is 27.9. The maximum Gasteiger partial charge on any atom is 0.494 e. The lowest BCUT2D eigenvalue weighted by molar-refractivity contribution is 0.00578. The highest BCUT2D eigenvalue weighted by atomic mass is 32.1. The first-order valence-electron chi connectivity index (χ1n) is 14.0. The van der Waals surface area contributed by atoms with E-state index in [9.17, 15) is 0 Å². The SMILES string of the molecule is CC1(C)OB(c2ccc3oc4cccc(-c5cccc(-c6nc7ccc8ccccc8c7s6)c5)c4c3c2)OC1(C)C. The fraction of sp³-hybridized carbons (Fsp3) is 0.171. The van der Waals surface area contributed by atoms with Crippen LogP contribution in [-0.4, -0.2) is 23.3 Å². The van der Waals surface area contributed by atoms with Crippen LogP contribution in [0.5, 0.6) is 0 Å². The van der Waals surface area contributed by atoms with Crippen molar-refractivity contribution in [2.75, 3.05) is 0 Å². The first-order chi connectivity index (χ1) is 19.8. The number of benzene rings is 5. The van der Waals surface area contributed by atoms with Gasteiger partial charge >= 0.3 is 7.12 Å². The van der Waals surface area contributed by atoms with Gasteiger partial charge in [0.25, 0.3) is 0 Å². The molecule has 0 unspecified atom stereocenters. The summed E-state index contributed by atoms with van der Waals surface area (Å²) in [5.41, 5.74) is 6.30. The van der Waals surface area contributed by atoms with Crippen LogP contribution in [0.3, 0.4) is 0 Å². The lowest BCUT2D eigenvalue weighted by atomic mass is 9.78. The van der Waals surface area contributed by atoms with E-state index in [1.807, 2.05) is 18.2 Å². The lowest BCUT2D eigenvalue weighted by Crippen LogP contribution is -2.41. The Morgan fingerprint density at radius 2 is 1.46 bits per heavy atom. The molecule has 7 aromatic rings. The number of nitrogens with zero attached hydrogens (tertiary/aromatic N) is 1. The van der Waals surface area contributed by atoms with E-state index in [-0.39, 0.29) is 0 Å². The average molecular weight is 553 g/mol. The molecule has 1 saturated heterocycles. The highest BCUT2D eigenvalue weighted by Crippen LogP contribution is 2.41. The third kappa shape index (κ3) is 3.86. The van der Waals surface area contributed by atoms with E-state index in [2.05, 4.69) is 107 Å². The van der Waals surface area contributed by atoms with Gasteiger partial charge in [0.1, 0.15) is 16.2 Å². The van der Waals surface area contributed by atoms with E-state index >= 15 is 0 Å². The highest BCUT2D eigenvalue weighted by molar-refractivity contribution is 7.22. The van der Waals surface area contributed by atoms with Crippen molar-refractivity contribution in [2.24, 2.45) is 0 Å². The molecule has 0 radical (unpaired) electrons. The molecule has 6 heteroatoms. The molecular formula is C35H28BNO3S. The molecule has 3 heterocycles. The molecule has 5 aromatic carbocycles. The standard InChI is InChI=1S/C35H28BNO3S/c1-34(2)35(3,4)40-36(39-34)24-16-18-29-27(20-24)31-25(13-8-14-30(31)38-29)22-10-7-11-23(19-22)33-37-28-17-15-21-9-5-6-12-26(21)32(28)41-33/h5-20H,1-4H3. The van der Waals surface area contributed by atoms with Crippen molar-refractivity contribution < 1.29 is 13.7 Å². The van der Waals surface area contributed by atoms with Gasteiger partial charge in [-0.2, -0.15) is 0 Å². The summed E-state index contributed by atoms with van der Waals surface area (Å²) in [4.78, 5) is 5.02. The van der Waals surface area contributed by atoms with Gasteiger partial charge in [0, 0.05) is 21.7 Å². The number of aromatic nitrogens is 1. The molecule has 8 rings (SSSR count). The Balaban J connectivity index is 1.25. The first-order valence-corrected chi connectivity index (χ1v) is 14.8. The summed E-state index contributed by atoms with van der Waals surface area (Å²) < 4.78 is 20.3. The average Bonchev–Trinajstić information content (AvgIpc) is 3.64. The smallest absolute Gasteiger partial charge is 0.456 e. The van der Waals surface area contributed by atoms with Gasteiger partial charge in [-0.15, -0.1) is 11.3 Å². The molecule has 1 aliphatic rings. The summed E-state index contributed by atoms with van der Waals surface area (Å²) in [6.07, 6.45) is 0. The Morgan fingerprint density at radius 3 is 2.32 bits per heavy atom. The van der Waals surface area contributed by atoms with Crippen LogP contribution >= 0.6 is 11.3 Å². The van der Waals surface area contributed by atoms with Crippen molar-refractivity contribution in [3.8, 4) is 21.7 Å². The Morgan fingerprint density at radius 1 is 0.683 bits per heavy atom. The lowest BCUT2D eigenvalue weighted by Gasteiger charge is -2.32. The summed E-state index contributed by atoms with van der Waals surface area (Å²) >= 11 is 1.75. The predicted molar refractivity (Wildman–Crippen MR) is 171 cm³/mol. The molecule has 41 heavy (non-hydrogen) atoms. The number of thiazole rings is 1. The number of fused-ring (bicyclic) bond motifs is 6. The number of hydrogen-bond donors (Lipinski definition) is 0. The molecule has 200 valence electrons. The van der Waals surface area contributed by atoms with E-state index in [0.29, 0.717) is 0 Å². The van der Waals surface area contributed by atoms with Crippen molar-refractivity contribution in [3.63, 3.8) is 0 Å². The minimum Gasteiger partial charge on any atom is -0.456 e. The zero-order valence-corrected chi connectivity index (χ0v) is 24.2. The minimum atomic E-state index is -0.431. The van der Waals surface area contributed by atoms with Gasteiger partial charge in [0.05, 0.1) is 21.4 Å². The van der Waals surface area contributed by atoms with Gasteiger partial charge in [-0.05, 0) is 73.9 Å². The second-order valence-corrected chi connectivity index (χ2v) is 12.9. The summed E-state index contributed by atoms with van der Waals surface area (Å²) in [7, 11) is -0.431. The van der Waals surface area contributed by atoms with Crippen molar-refractivity contribution in [2.45, 2.75) is 38.9 Å². The predicted octanol–water partition coefficient (Wildman–Crippen LogP) is 8.98. The molecule has 4 nitrogen and oxygen atoms in total. The Hall–Kier alpha value is -3.97. The monoisotopic (exact) mass is 553 g/mol. The molecule has 1 fully saturated rings. The van der Waals surface area contributed by atoms with Gasteiger partial charge in [0.15, 0.2) is 0 Å². The Labute approximate surface area is 242 Å². The highest BCUT2D eigenvalue weighted by Gasteiger charge is 2.51. The van der Waals surface area contributed by atoms with Crippen molar-refractivity contribution >= 4 is 66.8 Å². The zero-order valence-electron chi connectivity index (χ0n) is 23.4. The van der Waals surface area contributed by atoms with Gasteiger partial charge in [0.2, 0.25) is 0 Å². The van der Waals surface area contributed by atoms with Crippen molar-refractivity contribution in [1.29, 1.82) is 0 Å². The van der Waals surface area contributed by atoms with Crippen LogP contribution in [0.25, 0.3) is 64.6 Å². The summed E-state index contributed by atoms with van der Waals surface area (Å²) in [5.74, 6) is 0. The summed E-state index contributed by atoms with van der Waals surface area (Å²) in [6.45, 7) is 8.32. The first kappa shape index (κ1) is 24.8. The molecule has 0 saturated carbocycles. The second kappa shape index (κ2) is 8.77. The minimum absolute atomic E-state index is 0.399. The van der Waals surface area contributed by atoms with E-state index in [4.69, 9.17) is 18.7 Å². The van der Waals surface area contributed by atoms with Gasteiger partial charge in [-0.25, -0.2) is 4.98 Å². The van der Waals surface area contributed by atoms with E-state index in [1.165, 1.54) is 15.5 Å². The third-order valence-electron chi connectivity index (χ3n) is 8.74. The quantitative estimate of drug-likeness (QED) is 0.205. The van der Waals surface area contributed by atoms with Crippen LogP contribution in [0.4, 0.5) is 0 Å². The molecule has 0 atom stereocenters. The van der Waals surface area contributed by atoms with E-state index < -0.39 is 18.3 Å². The normalized spacial score (nSPS) is 16.4. The third-order valence-corrected chi connectivity index (χ3v) is 9.90. The van der Waals surface area contributed by atoms with Crippen LogP contribution in [0, 0.1) is 0 Å². The largest absolute Gasteiger partial charge is 0.494 e. The molecule has 0 amide bonds. The van der Waals surface area contributed by atoms with E-state index in [1.54, 1.807) is 11.3 Å². The topological polar surface area (TPSA) is 44.5 Å². The molecule has 2 aromatic heterocycles. The Kier molecular flexibility index (Phi) is 5.30.